The summed E-state index contributed by atoms with van der Waals surface area (Å²) in [5, 5.41) is 0. The smallest absolute Gasteiger partial charge is 0.261 e. The summed E-state index contributed by atoms with van der Waals surface area (Å²) in [6.07, 6.45) is 1.76. The first-order valence-corrected chi connectivity index (χ1v) is 7.51. The molecule has 0 aliphatic rings. The molecule has 4 nitrogen and oxygen atoms in total. The van der Waals surface area contributed by atoms with E-state index in [9.17, 15) is 8.42 Å². The molecule has 0 bridgehead atoms. The second-order valence-electron chi connectivity index (χ2n) is 3.46. The predicted octanol–water partition coefficient (Wildman–Crippen LogP) is 2.42. The van der Waals surface area contributed by atoms with Gasteiger partial charge in [0.15, 0.2) is 0 Å². The molecule has 6 heteroatoms. The van der Waals surface area contributed by atoms with Crippen LogP contribution in [-0.4, -0.2) is 28.7 Å². The van der Waals surface area contributed by atoms with Gasteiger partial charge in [0, 0.05) is 30.5 Å². The van der Waals surface area contributed by atoms with Gasteiger partial charge in [0.2, 0.25) is 0 Å². The highest BCUT2D eigenvalue weighted by Gasteiger charge is 2.10. The zero-order chi connectivity index (χ0) is 12.7. The molecule has 0 atom stereocenters. The van der Waals surface area contributed by atoms with Crippen molar-refractivity contribution in [3.63, 3.8) is 0 Å². The Morgan fingerprint density at radius 3 is 2.59 bits per heavy atom. The quantitative estimate of drug-likeness (QED) is 0.568. The lowest BCUT2D eigenvalue weighted by molar-refractivity contribution is 0.184. The molecular weight excluding hydrogens is 264 g/mol. The van der Waals surface area contributed by atoms with Gasteiger partial charge in [0.1, 0.15) is 5.75 Å². The van der Waals surface area contributed by atoms with E-state index in [1.807, 2.05) is 0 Å². The Hall–Kier alpha value is -0.780. The molecule has 0 heterocycles. The van der Waals surface area contributed by atoms with Gasteiger partial charge < -0.3 is 9.47 Å². The van der Waals surface area contributed by atoms with Crippen LogP contribution in [0.3, 0.4) is 0 Å². The lowest BCUT2D eigenvalue weighted by Crippen LogP contribution is -2.00. The number of methoxy groups -OCH3 is 1. The SMILES string of the molecule is COCCCCOc1cccc(S(=O)(=O)Cl)c1. The van der Waals surface area contributed by atoms with E-state index in [1.165, 1.54) is 12.1 Å². The van der Waals surface area contributed by atoms with Gasteiger partial charge in [-0.05, 0) is 25.0 Å². The van der Waals surface area contributed by atoms with E-state index in [2.05, 4.69) is 0 Å². The lowest BCUT2D eigenvalue weighted by atomic mass is 10.3. The summed E-state index contributed by atoms with van der Waals surface area (Å²) in [7, 11) is 3.19. The topological polar surface area (TPSA) is 52.6 Å². The average Bonchev–Trinajstić information content (AvgIpc) is 2.28. The highest BCUT2D eigenvalue weighted by molar-refractivity contribution is 8.13. The first-order valence-electron chi connectivity index (χ1n) is 5.20. The third-order valence-electron chi connectivity index (χ3n) is 2.10. The zero-order valence-electron chi connectivity index (χ0n) is 9.56. The Bertz CT molecular complexity index is 445. The number of benzene rings is 1. The number of halogens is 1. The molecule has 0 radical (unpaired) electrons. The molecule has 0 aliphatic carbocycles. The molecule has 1 rings (SSSR count). The predicted molar refractivity (Wildman–Crippen MR) is 66.1 cm³/mol. The van der Waals surface area contributed by atoms with Crippen LogP contribution in [0.2, 0.25) is 0 Å². The second-order valence-corrected chi connectivity index (χ2v) is 6.03. The monoisotopic (exact) mass is 278 g/mol. The van der Waals surface area contributed by atoms with E-state index in [-0.39, 0.29) is 4.90 Å². The Kier molecular flexibility index (Phi) is 5.74. The molecule has 17 heavy (non-hydrogen) atoms. The van der Waals surface area contributed by atoms with Crippen molar-refractivity contribution >= 4 is 19.7 Å². The molecule has 0 fully saturated rings. The maximum absolute atomic E-state index is 11.1. The highest BCUT2D eigenvalue weighted by Crippen LogP contribution is 2.20. The molecular formula is C11H15ClO4S. The van der Waals surface area contributed by atoms with Gasteiger partial charge >= 0.3 is 0 Å². The van der Waals surface area contributed by atoms with Crippen LogP contribution in [0.15, 0.2) is 29.2 Å². The number of hydrogen-bond acceptors (Lipinski definition) is 4. The van der Waals surface area contributed by atoms with Crippen LogP contribution in [-0.2, 0) is 13.8 Å². The summed E-state index contributed by atoms with van der Waals surface area (Å²) in [6.45, 7) is 1.22. The standard InChI is InChI=1S/C11H15ClO4S/c1-15-7-2-3-8-16-10-5-4-6-11(9-10)17(12,13)14/h4-6,9H,2-3,7-8H2,1H3. The summed E-state index contributed by atoms with van der Waals surface area (Å²) in [5.41, 5.74) is 0. The van der Waals surface area contributed by atoms with Crippen molar-refractivity contribution in [1.82, 2.24) is 0 Å². The molecule has 0 saturated carbocycles. The number of ether oxygens (including phenoxy) is 2. The fourth-order valence-corrected chi connectivity index (χ4v) is 2.04. The minimum Gasteiger partial charge on any atom is -0.494 e. The zero-order valence-corrected chi connectivity index (χ0v) is 11.1. The first kappa shape index (κ1) is 14.3. The minimum absolute atomic E-state index is 0.0496. The average molecular weight is 279 g/mol. The van der Waals surface area contributed by atoms with Crippen molar-refractivity contribution in [3.8, 4) is 5.75 Å². The molecule has 0 unspecified atom stereocenters. The third-order valence-corrected chi connectivity index (χ3v) is 3.45. The third kappa shape index (κ3) is 5.39. The molecule has 0 aliphatic heterocycles. The minimum atomic E-state index is -3.69. The van der Waals surface area contributed by atoms with Crippen LogP contribution in [0, 0.1) is 0 Å². The summed E-state index contributed by atoms with van der Waals surface area (Å²) >= 11 is 0. The van der Waals surface area contributed by atoms with E-state index in [0.717, 1.165) is 12.8 Å². The lowest BCUT2D eigenvalue weighted by Gasteiger charge is -2.06. The summed E-state index contributed by atoms with van der Waals surface area (Å²) in [6, 6.07) is 6.14. The maximum Gasteiger partial charge on any atom is 0.261 e. The maximum atomic E-state index is 11.1. The Morgan fingerprint density at radius 1 is 1.24 bits per heavy atom. The first-order chi connectivity index (χ1) is 8.04. The van der Waals surface area contributed by atoms with Crippen LogP contribution < -0.4 is 4.74 Å². The van der Waals surface area contributed by atoms with E-state index in [4.69, 9.17) is 20.2 Å². The molecule has 96 valence electrons. The van der Waals surface area contributed by atoms with Crippen molar-refractivity contribution in [2.75, 3.05) is 20.3 Å². The Labute approximate surface area is 106 Å². The van der Waals surface area contributed by atoms with Gasteiger partial charge in [-0.15, -0.1) is 0 Å². The van der Waals surface area contributed by atoms with Crippen molar-refractivity contribution in [1.29, 1.82) is 0 Å². The Balaban J connectivity index is 2.49. The van der Waals surface area contributed by atoms with Crippen molar-refractivity contribution < 1.29 is 17.9 Å². The molecule has 0 saturated heterocycles. The molecule has 1 aromatic carbocycles. The van der Waals surface area contributed by atoms with E-state index in [1.54, 1.807) is 19.2 Å². The van der Waals surface area contributed by atoms with Crippen molar-refractivity contribution in [2.24, 2.45) is 0 Å². The van der Waals surface area contributed by atoms with Gasteiger partial charge in [-0.2, -0.15) is 0 Å². The van der Waals surface area contributed by atoms with Crippen LogP contribution in [0.4, 0.5) is 0 Å². The fourth-order valence-electron chi connectivity index (χ4n) is 1.25. The van der Waals surface area contributed by atoms with E-state index >= 15 is 0 Å². The van der Waals surface area contributed by atoms with Crippen LogP contribution in [0.25, 0.3) is 0 Å². The number of rotatable bonds is 7. The molecule has 0 spiro atoms. The summed E-state index contributed by atoms with van der Waals surface area (Å²) in [5.74, 6) is 0.504. The van der Waals surface area contributed by atoms with Gasteiger partial charge in [-0.3, -0.25) is 0 Å². The second kappa shape index (κ2) is 6.83. The summed E-state index contributed by atoms with van der Waals surface area (Å²) < 4.78 is 32.5. The Morgan fingerprint density at radius 2 is 1.94 bits per heavy atom. The number of unbranched alkanes of at least 4 members (excludes halogenated alkanes) is 1. The van der Waals surface area contributed by atoms with Crippen molar-refractivity contribution in [3.05, 3.63) is 24.3 Å². The van der Waals surface area contributed by atoms with E-state index < -0.39 is 9.05 Å². The normalized spacial score (nSPS) is 11.4. The van der Waals surface area contributed by atoms with Gasteiger partial charge in [0.25, 0.3) is 9.05 Å². The van der Waals surface area contributed by atoms with Crippen LogP contribution in [0.1, 0.15) is 12.8 Å². The number of hydrogen-bond donors (Lipinski definition) is 0. The molecule has 1 aromatic rings. The fraction of sp³-hybridized carbons (Fsp3) is 0.455. The van der Waals surface area contributed by atoms with Crippen molar-refractivity contribution in [2.45, 2.75) is 17.7 Å². The summed E-state index contributed by atoms with van der Waals surface area (Å²) in [4.78, 5) is 0.0496. The van der Waals surface area contributed by atoms with Crippen LogP contribution >= 0.6 is 10.7 Å². The molecule has 0 amide bonds. The van der Waals surface area contributed by atoms with Gasteiger partial charge in [-0.25, -0.2) is 8.42 Å². The highest BCUT2D eigenvalue weighted by atomic mass is 35.7. The largest absolute Gasteiger partial charge is 0.494 e. The van der Waals surface area contributed by atoms with Gasteiger partial charge in [-0.1, -0.05) is 6.07 Å². The van der Waals surface area contributed by atoms with Crippen LogP contribution in [0.5, 0.6) is 5.75 Å². The van der Waals surface area contributed by atoms with Gasteiger partial charge in [0.05, 0.1) is 11.5 Å². The molecule has 0 aromatic heterocycles. The van der Waals surface area contributed by atoms with E-state index in [0.29, 0.717) is 19.0 Å². The molecule has 0 N–H and O–H groups in total.